The molecule has 0 aliphatic rings. The lowest BCUT2D eigenvalue weighted by atomic mass is 10.1. The summed E-state index contributed by atoms with van der Waals surface area (Å²) in [5.41, 5.74) is 6.96. The smallest absolute Gasteiger partial charge is 0.175 e. The highest BCUT2D eigenvalue weighted by molar-refractivity contribution is 7.90. The number of benzene rings is 2. The third-order valence-electron chi connectivity index (χ3n) is 2.98. The van der Waals surface area contributed by atoms with E-state index in [1.54, 1.807) is 30.3 Å². The van der Waals surface area contributed by atoms with Crippen LogP contribution >= 0.6 is 0 Å². The maximum atomic E-state index is 11.4. The zero-order valence-corrected chi connectivity index (χ0v) is 12.6. The molecule has 0 unspecified atom stereocenters. The number of aryl methyl sites for hydroxylation is 1. The largest absolute Gasteiger partial charge is 0.457 e. The van der Waals surface area contributed by atoms with Crippen LogP contribution in [-0.2, 0) is 9.84 Å². The van der Waals surface area contributed by atoms with Gasteiger partial charge in [-0.25, -0.2) is 8.42 Å². The molecule has 110 valence electrons. The molecule has 2 aromatic rings. The zero-order chi connectivity index (χ0) is 15.6. The van der Waals surface area contributed by atoms with Crippen molar-refractivity contribution in [3.8, 4) is 11.5 Å². The first-order chi connectivity index (χ1) is 9.77. The number of hydrogen-bond acceptors (Lipinski definition) is 4. The molecule has 0 fully saturated rings. The summed E-state index contributed by atoms with van der Waals surface area (Å²) in [7, 11) is -3.21. The Hall–Kier alpha value is -2.34. The van der Waals surface area contributed by atoms with Gasteiger partial charge >= 0.3 is 0 Å². The van der Waals surface area contributed by atoms with Gasteiger partial charge in [0.25, 0.3) is 0 Å². The van der Waals surface area contributed by atoms with Crippen LogP contribution in [0.3, 0.4) is 0 Å². The van der Waals surface area contributed by atoms with Crippen LogP contribution < -0.4 is 10.5 Å². The molecule has 5 nitrogen and oxygen atoms in total. The molecule has 0 radical (unpaired) electrons. The Kier molecular flexibility index (Phi) is 3.99. The van der Waals surface area contributed by atoms with Crippen LogP contribution in [0.25, 0.3) is 0 Å². The van der Waals surface area contributed by atoms with E-state index in [0.717, 1.165) is 11.8 Å². The third kappa shape index (κ3) is 3.61. The van der Waals surface area contributed by atoms with Crippen molar-refractivity contribution in [3.63, 3.8) is 0 Å². The van der Waals surface area contributed by atoms with Crippen molar-refractivity contribution in [1.29, 1.82) is 5.41 Å². The Bertz CT molecular complexity index is 781. The van der Waals surface area contributed by atoms with E-state index in [-0.39, 0.29) is 10.7 Å². The quantitative estimate of drug-likeness (QED) is 0.670. The van der Waals surface area contributed by atoms with Gasteiger partial charge in [-0.3, -0.25) is 5.41 Å². The molecular formula is C15H16N2O3S. The minimum atomic E-state index is -3.21. The van der Waals surface area contributed by atoms with Crippen LogP contribution in [0.5, 0.6) is 11.5 Å². The van der Waals surface area contributed by atoms with E-state index >= 15 is 0 Å². The van der Waals surface area contributed by atoms with E-state index in [1.807, 2.05) is 6.92 Å². The average molecular weight is 304 g/mol. The number of nitrogen functional groups attached to an aromatic ring is 1. The number of ether oxygens (including phenoxy) is 1. The van der Waals surface area contributed by atoms with Gasteiger partial charge in [-0.15, -0.1) is 0 Å². The molecule has 6 heteroatoms. The van der Waals surface area contributed by atoms with Gasteiger partial charge in [-0.2, -0.15) is 0 Å². The van der Waals surface area contributed by atoms with E-state index in [0.29, 0.717) is 17.1 Å². The number of nitrogens with two attached hydrogens (primary N) is 1. The first-order valence-electron chi connectivity index (χ1n) is 6.20. The first kappa shape index (κ1) is 15.1. The molecule has 0 bridgehead atoms. The molecule has 0 aliphatic carbocycles. The van der Waals surface area contributed by atoms with Crippen molar-refractivity contribution in [1.82, 2.24) is 0 Å². The second-order valence-corrected chi connectivity index (χ2v) is 6.75. The molecule has 0 aliphatic heterocycles. The molecular weight excluding hydrogens is 288 g/mol. The fourth-order valence-electron chi connectivity index (χ4n) is 1.89. The van der Waals surface area contributed by atoms with E-state index in [4.69, 9.17) is 15.9 Å². The van der Waals surface area contributed by atoms with E-state index in [2.05, 4.69) is 0 Å². The van der Waals surface area contributed by atoms with Crippen molar-refractivity contribution in [2.24, 2.45) is 5.73 Å². The van der Waals surface area contributed by atoms with Crippen molar-refractivity contribution in [2.75, 3.05) is 6.26 Å². The summed E-state index contributed by atoms with van der Waals surface area (Å²) in [5.74, 6) is 1.15. The van der Waals surface area contributed by atoms with Gasteiger partial charge in [0.05, 0.1) is 4.90 Å². The lowest BCUT2D eigenvalue weighted by Gasteiger charge is -2.09. The summed E-state index contributed by atoms with van der Waals surface area (Å²) in [6.07, 6.45) is 1.16. The predicted molar refractivity (Wildman–Crippen MR) is 81.8 cm³/mol. The molecule has 2 aromatic carbocycles. The standard InChI is InChI=1S/C15H16N2O3S/c1-10-9-12(5-8-14(10)15(16)17)20-11-3-6-13(7-4-11)21(2,18)19/h3-9H,1-2H3,(H3,16,17). The van der Waals surface area contributed by atoms with Gasteiger partial charge in [-0.05, 0) is 55.0 Å². The molecule has 21 heavy (non-hydrogen) atoms. The van der Waals surface area contributed by atoms with Crippen LogP contribution in [0.1, 0.15) is 11.1 Å². The highest BCUT2D eigenvalue weighted by Crippen LogP contribution is 2.24. The van der Waals surface area contributed by atoms with Crippen LogP contribution in [0.4, 0.5) is 0 Å². The van der Waals surface area contributed by atoms with Crippen molar-refractivity contribution >= 4 is 15.7 Å². The minimum absolute atomic E-state index is 0.0107. The zero-order valence-electron chi connectivity index (χ0n) is 11.8. The summed E-state index contributed by atoms with van der Waals surface area (Å²) in [6.45, 7) is 1.84. The Morgan fingerprint density at radius 3 is 2.14 bits per heavy atom. The second kappa shape index (κ2) is 5.57. The summed E-state index contributed by atoms with van der Waals surface area (Å²) >= 11 is 0. The van der Waals surface area contributed by atoms with Crippen LogP contribution in [0.15, 0.2) is 47.4 Å². The van der Waals surface area contributed by atoms with Crippen LogP contribution in [0, 0.1) is 12.3 Å². The third-order valence-corrected chi connectivity index (χ3v) is 4.10. The fourth-order valence-corrected chi connectivity index (χ4v) is 2.52. The van der Waals surface area contributed by atoms with Crippen molar-refractivity contribution in [3.05, 3.63) is 53.6 Å². The van der Waals surface area contributed by atoms with E-state index in [1.165, 1.54) is 12.1 Å². The summed E-state index contributed by atoms with van der Waals surface area (Å²) in [6, 6.07) is 11.4. The highest BCUT2D eigenvalue weighted by Gasteiger charge is 2.08. The summed E-state index contributed by atoms with van der Waals surface area (Å²) in [5, 5.41) is 7.43. The number of nitrogens with one attached hydrogen (secondary N) is 1. The van der Waals surface area contributed by atoms with Crippen LogP contribution in [-0.4, -0.2) is 20.5 Å². The first-order valence-corrected chi connectivity index (χ1v) is 8.09. The van der Waals surface area contributed by atoms with Crippen LogP contribution in [0.2, 0.25) is 0 Å². The number of amidine groups is 1. The Morgan fingerprint density at radius 1 is 1.10 bits per heavy atom. The minimum Gasteiger partial charge on any atom is -0.457 e. The normalized spacial score (nSPS) is 11.1. The highest BCUT2D eigenvalue weighted by atomic mass is 32.2. The lowest BCUT2D eigenvalue weighted by molar-refractivity contribution is 0.481. The van der Waals surface area contributed by atoms with Gasteiger partial charge < -0.3 is 10.5 Å². The molecule has 0 aromatic heterocycles. The lowest BCUT2D eigenvalue weighted by Crippen LogP contribution is -2.12. The van der Waals surface area contributed by atoms with Gasteiger partial charge in [0.15, 0.2) is 9.84 Å². The molecule has 0 spiro atoms. The van der Waals surface area contributed by atoms with Crippen molar-refractivity contribution in [2.45, 2.75) is 11.8 Å². The van der Waals surface area contributed by atoms with Gasteiger partial charge in [-0.1, -0.05) is 0 Å². The second-order valence-electron chi connectivity index (χ2n) is 4.74. The van der Waals surface area contributed by atoms with Gasteiger partial charge in [0, 0.05) is 11.8 Å². The molecule has 0 amide bonds. The summed E-state index contributed by atoms with van der Waals surface area (Å²) in [4.78, 5) is 0.248. The number of hydrogen-bond donors (Lipinski definition) is 2. The van der Waals surface area contributed by atoms with Crippen molar-refractivity contribution < 1.29 is 13.2 Å². The van der Waals surface area contributed by atoms with E-state index in [9.17, 15) is 8.42 Å². The molecule has 0 heterocycles. The Balaban J connectivity index is 2.23. The summed E-state index contributed by atoms with van der Waals surface area (Å²) < 4.78 is 28.4. The Morgan fingerprint density at radius 2 is 1.67 bits per heavy atom. The number of sulfone groups is 1. The SMILES string of the molecule is Cc1cc(Oc2ccc(S(C)(=O)=O)cc2)ccc1C(=N)N. The molecule has 2 rings (SSSR count). The molecule has 0 atom stereocenters. The fraction of sp³-hybridized carbons (Fsp3) is 0.133. The predicted octanol–water partition coefficient (Wildman–Crippen LogP) is 2.47. The maximum Gasteiger partial charge on any atom is 0.175 e. The van der Waals surface area contributed by atoms with Gasteiger partial charge in [0.1, 0.15) is 17.3 Å². The van der Waals surface area contributed by atoms with Gasteiger partial charge in [0.2, 0.25) is 0 Å². The molecule has 3 N–H and O–H groups in total. The Labute approximate surface area is 123 Å². The monoisotopic (exact) mass is 304 g/mol. The molecule has 0 saturated carbocycles. The number of rotatable bonds is 4. The topological polar surface area (TPSA) is 93.2 Å². The average Bonchev–Trinajstić information content (AvgIpc) is 2.38. The molecule has 0 saturated heterocycles. The maximum absolute atomic E-state index is 11.4. The van der Waals surface area contributed by atoms with E-state index < -0.39 is 9.84 Å².